The largest absolute Gasteiger partial charge is 0.356 e. The van der Waals surface area contributed by atoms with Crippen molar-refractivity contribution in [1.29, 1.82) is 0 Å². The van der Waals surface area contributed by atoms with Crippen LogP contribution in [0.2, 0.25) is 0 Å². The third-order valence-electron chi connectivity index (χ3n) is 5.32. The molecule has 30 heavy (non-hydrogen) atoms. The second kappa shape index (κ2) is 7.02. The van der Waals surface area contributed by atoms with Crippen LogP contribution in [0.4, 0.5) is 8.78 Å². The van der Waals surface area contributed by atoms with Crippen molar-refractivity contribution in [3.63, 3.8) is 0 Å². The molecule has 5 nitrogen and oxygen atoms in total. The van der Waals surface area contributed by atoms with E-state index in [4.69, 9.17) is 4.52 Å². The molecular formula is C23H17F2N3O2. The molecule has 2 aromatic carbocycles. The van der Waals surface area contributed by atoms with E-state index in [9.17, 15) is 9.18 Å². The van der Waals surface area contributed by atoms with Gasteiger partial charge in [-0.1, -0.05) is 5.16 Å². The fraction of sp³-hybridized carbons (Fsp3) is 0.174. The standard InChI is InChI=1S/C23H17F2N3O2/c1-12-16(8-14(9-19(12)24)23(29)27-15-2-3-15)17-11-21-18(10-20(17)25)22(28-30-21)13-4-6-26-7-5-13/h4-11,15H,2-3H2,1H3,(H,27,29). The summed E-state index contributed by atoms with van der Waals surface area (Å²) in [4.78, 5) is 16.4. The van der Waals surface area contributed by atoms with Gasteiger partial charge in [-0.3, -0.25) is 9.78 Å². The molecule has 0 radical (unpaired) electrons. The van der Waals surface area contributed by atoms with Gasteiger partial charge in [-0.25, -0.2) is 8.78 Å². The van der Waals surface area contributed by atoms with Crippen molar-refractivity contribution < 1.29 is 18.1 Å². The molecule has 0 bridgehead atoms. The summed E-state index contributed by atoms with van der Waals surface area (Å²) in [5.74, 6) is -1.48. The molecule has 0 atom stereocenters. The Bertz CT molecular complexity index is 1280. The van der Waals surface area contributed by atoms with E-state index in [1.807, 2.05) is 0 Å². The van der Waals surface area contributed by atoms with Crippen LogP contribution in [-0.2, 0) is 0 Å². The van der Waals surface area contributed by atoms with Gasteiger partial charge in [0.15, 0.2) is 5.58 Å². The summed E-state index contributed by atoms with van der Waals surface area (Å²) in [5.41, 5.74) is 2.48. The van der Waals surface area contributed by atoms with Crippen molar-refractivity contribution in [2.75, 3.05) is 0 Å². The van der Waals surface area contributed by atoms with Crippen LogP contribution in [0.1, 0.15) is 28.8 Å². The summed E-state index contributed by atoms with van der Waals surface area (Å²) >= 11 is 0. The van der Waals surface area contributed by atoms with Gasteiger partial charge in [-0.2, -0.15) is 0 Å². The second-order valence-corrected chi connectivity index (χ2v) is 7.47. The maximum Gasteiger partial charge on any atom is 0.251 e. The number of rotatable bonds is 4. The number of halogens is 2. The van der Waals surface area contributed by atoms with E-state index < -0.39 is 11.6 Å². The normalized spacial score (nSPS) is 13.6. The molecule has 4 aromatic rings. The summed E-state index contributed by atoms with van der Waals surface area (Å²) in [6.07, 6.45) is 5.07. The molecule has 2 aromatic heterocycles. The van der Waals surface area contributed by atoms with Gasteiger partial charge in [-0.15, -0.1) is 0 Å². The number of carbonyl (C=O) groups is 1. The van der Waals surface area contributed by atoms with E-state index in [-0.39, 0.29) is 28.6 Å². The maximum atomic E-state index is 15.1. The highest BCUT2D eigenvalue weighted by molar-refractivity contribution is 5.97. The molecule has 0 saturated heterocycles. The fourth-order valence-corrected chi connectivity index (χ4v) is 3.47. The molecule has 1 saturated carbocycles. The van der Waals surface area contributed by atoms with Gasteiger partial charge in [0.1, 0.15) is 17.3 Å². The van der Waals surface area contributed by atoms with E-state index in [0.717, 1.165) is 18.4 Å². The van der Waals surface area contributed by atoms with Crippen molar-refractivity contribution in [3.05, 3.63) is 71.6 Å². The zero-order valence-corrected chi connectivity index (χ0v) is 16.1. The first kappa shape index (κ1) is 18.4. The number of aromatic nitrogens is 2. The van der Waals surface area contributed by atoms with E-state index in [0.29, 0.717) is 22.2 Å². The van der Waals surface area contributed by atoms with Crippen LogP contribution in [0, 0.1) is 18.6 Å². The van der Waals surface area contributed by atoms with Crippen molar-refractivity contribution in [2.45, 2.75) is 25.8 Å². The minimum Gasteiger partial charge on any atom is -0.356 e. The van der Waals surface area contributed by atoms with E-state index in [1.165, 1.54) is 24.3 Å². The van der Waals surface area contributed by atoms with Gasteiger partial charge in [-0.05, 0) is 67.3 Å². The molecule has 150 valence electrons. The fourth-order valence-electron chi connectivity index (χ4n) is 3.47. The number of carbonyl (C=O) groups excluding carboxylic acids is 1. The SMILES string of the molecule is Cc1c(F)cc(C(=O)NC2CC2)cc1-c1cc2onc(-c3ccncc3)c2cc1F. The van der Waals surface area contributed by atoms with Crippen molar-refractivity contribution >= 4 is 16.9 Å². The van der Waals surface area contributed by atoms with Gasteiger partial charge >= 0.3 is 0 Å². The van der Waals surface area contributed by atoms with Crippen molar-refractivity contribution in [1.82, 2.24) is 15.5 Å². The first-order valence-electron chi connectivity index (χ1n) is 9.62. The molecule has 1 amide bonds. The molecule has 1 aliphatic rings. The molecular weight excluding hydrogens is 388 g/mol. The highest BCUT2D eigenvalue weighted by atomic mass is 19.1. The predicted octanol–water partition coefficient (Wildman–Crippen LogP) is 5.04. The van der Waals surface area contributed by atoms with Gasteiger partial charge in [0.2, 0.25) is 0 Å². The highest BCUT2D eigenvalue weighted by Crippen LogP contribution is 2.35. The first-order chi connectivity index (χ1) is 14.5. The number of benzene rings is 2. The Labute approximate surface area is 170 Å². The van der Waals surface area contributed by atoms with Crippen molar-refractivity contribution in [2.24, 2.45) is 0 Å². The summed E-state index contributed by atoms with van der Waals surface area (Å²) in [6, 6.07) is 9.16. The Balaban J connectivity index is 1.61. The minimum atomic E-state index is -0.567. The number of amides is 1. The van der Waals surface area contributed by atoms with Crippen LogP contribution >= 0.6 is 0 Å². The topological polar surface area (TPSA) is 68.0 Å². The lowest BCUT2D eigenvalue weighted by Gasteiger charge is -2.12. The number of hydrogen-bond donors (Lipinski definition) is 1. The average Bonchev–Trinajstić information content (AvgIpc) is 3.47. The number of nitrogens with one attached hydrogen (secondary N) is 1. The molecule has 0 aliphatic heterocycles. The smallest absolute Gasteiger partial charge is 0.251 e. The lowest BCUT2D eigenvalue weighted by molar-refractivity contribution is 0.0950. The monoisotopic (exact) mass is 405 g/mol. The zero-order chi connectivity index (χ0) is 20.8. The summed E-state index contributed by atoms with van der Waals surface area (Å²) in [7, 11) is 0. The first-order valence-corrected chi connectivity index (χ1v) is 9.62. The second-order valence-electron chi connectivity index (χ2n) is 7.47. The Kier molecular flexibility index (Phi) is 4.31. The molecule has 0 spiro atoms. The van der Waals surface area contributed by atoms with E-state index >= 15 is 4.39 Å². The van der Waals surface area contributed by atoms with Crippen LogP contribution in [0.3, 0.4) is 0 Å². The third kappa shape index (κ3) is 3.22. The quantitative estimate of drug-likeness (QED) is 0.517. The lowest BCUT2D eigenvalue weighted by atomic mass is 9.95. The molecule has 2 heterocycles. The average molecular weight is 405 g/mol. The lowest BCUT2D eigenvalue weighted by Crippen LogP contribution is -2.25. The summed E-state index contributed by atoms with van der Waals surface area (Å²) < 4.78 is 35.1. The molecule has 7 heteroatoms. The Morgan fingerprint density at radius 1 is 1.07 bits per heavy atom. The van der Waals surface area contributed by atoms with Gasteiger partial charge in [0, 0.05) is 35.1 Å². The van der Waals surface area contributed by atoms with Crippen LogP contribution < -0.4 is 5.32 Å². The van der Waals surface area contributed by atoms with Gasteiger partial charge in [0.05, 0.1) is 5.39 Å². The van der Waals surface area contributed by atoms with Gasteiger partial charge in [0.25, 0.3) is 5.91 Å². The van der Waals surface area contributed by atoms with Crippen molar-refractivity contribution in [3.8, 4) is 22.4 Å². The third-order valence-corrected chi connectivity index (χ3v) is 5.32. The highest BCUT2D eigenvalue weighted by Gasteiger charge is 2.25. The zero-order valence-electron chi connectivity index (χ0n) is 16.1. The van der Waals surface area contributed by atoms with Gasteiger partial charge < -0.3 is 9.84 Å². The van der Waals surface area contributed by atoms with E-state index in [2.05, 4.69) is 15.5 Å². The summed E-state index contributed by atoms with van der Waals surface area (Å²) in [5, 5.41) is 7.39. The van der Waals surface area contributed by atoms with Crippen LogP contribution in [0.25, 0.3) is 33.4 Å². The molecule has 1 N–H and O–H groups in total. The van der Waals surface area contributed by atoms with Crippen LogP contribution in [0.15, 0.2) is 53.3 Å². The summed E-state index contributed by atoms with van der Waals surface area (Å²) in [6.45, 7) is 1.56. The molecule has 0 unspecified atom stereocenters. The van der Waals surface area contributed by atoms with Crippen LogP contribution in [-0.4, -0.2) is 22.1 Å². The Morgan fingerprint density at radius 3 is 2.57 bits per heavy atom. The molecule has 5 rings (SSSR count). The maximum absolute atomic E-state index is 15.1. The number of fused-ring (bicyclic) bond motifs is 1. The Morgan fingerprint density at radius 2 is 1.83 bits per heavy atom. The van der Waals surface area contributed by atoms with E-state index in [1.54, 1.807) is 31.5 Å². The number of nitrogens with zero attached hydrogens (tertiary/aromatic N) is 2. The predicted molar refractivity (Wildman–Crippen MR) is 108 cm³/mol. The molecule has 1 fully saturated rings. The number of hydrogen-bond acceptors (Lipinski definition) is 4. The Hall–Kier alpha value is -3.61. The van der Waals surface area contributed by atoms with Crippen LogP contribution in [0.5, 0.6) is 0 Å². The minimum absolute atomic E-state index is 0.138. The number of pyridine rings is 1. The molecule has 1 aliphatic carbocycles.